The summed E-state index contributed by atoms with van der Waals surface area (Å²) in [6, 6.07) is 5.46. The van der Waals surface area contributed by atoms with Gasteiger partial charge in [0.1, 0.15) is 17.2 Å². The van der Waals surface area contributed by atoms with Gasteiger partial charge in [-0.15, -0.1) is 0 Å². The highest BCUT2D eigenvalue weighted by Gasteiger charge is 2.16. The van der Waals surface area contributed by atoms with E-state index >= 15 is 0 Å². The Bertz CT molecular complexity index is 955. The first-order chi connectivity index (χ1) is 17.0. The number of benzene rings is 1. The third kappa shape index (κ3) is 9.12. The van der Waals surface area contributed by atoms with Crippen LogP contribution in [0.1, 0.15) is 67.3 Å². The Kier molecular flexibility index (Phi) is 10.7. The Morgan fingerprint density at radius 1 is 0.971 bits per heavy atom. The molecule has 3 rings (SSSR count). The van der Waals surface area contributed by atoms with E-state index < -0.39 is 6.04 Å². The van der Waals surface area contributed by atoms with E-state index in [0.717, 1.165) is 57.1 Å². The lowest BCUT2D eigenvalue weighted by atomic mass is 10.1. The average Bonchev–Trinajstić information content (AvgIpc) is 2.86. The number of nitrogens with two attached hydrogens (primary N) is 1. The van der Waals surface area contributed by atoms with E-state index in [1.165, 1.54) is 18.3 Å². The van der Waals surface area contributed by atoms with Crippen molar-refractivity contribution in [2.24, 2.45) is 5.73 Å². The van der Waals surface area contributed by atoms with Gasteiger partial charge in [-0.1, -0.05) is 31.4 Å². The number of halogens is 1. The number of anilines is 2. The molecule has 0 radical (unpaired) electrons. The molecule has 0 aliphatic carbocycles. The van der Waals surface area contributed by atoms with E-state index in [-0.39, 0.29) is 24.2 Å². The van der Waals surface area contributed by atoms with Gasteiger partial charge in [0.25, 0.3) is 5.91 Å². The van der Waals surface area contributed by atoms with E-state index in [4.69, 9.17) is 5.73 Å². The molecule has 9 nitrogen and oxygen atoms in total. The number of nitrogens with zero attached hydrogens (tertiary/aromatic N) is 2. The van der Waals surface area contributed by atoms with Crippen LogP contribution in [0.3, 0.4) is 0 Å². The number of fused-ring (bicyclic) bond motifs is 2. The Morgan fingerprint density at radius 2 is 1.63 bits per heavy atom. The van der Waals surface area contributed by atoms with E-state index in [1.54, 1.807) is 12.1 Å². The van der Waals surface area contributed by atoms with E-state index in [2.05, 4.69) is 31.2 Å². The summed E-state index contributed by atoms with van der Waals surface area (Å²) in [6.07, 6.45) is 8.78. The van der Waals surface area contributed by atoms with Gasteiger partial charge in [0.15, 0.2) is 0 Å². The zero-order valence-electron chi connectivity index (χ0n) is 20.1. The second-order valence-corrected chi connectivity index (χ2v) is 8.78. The zero-order chi connectivity index (χ0) is 24.9. The fourth-order valence-electron chi connectivity index (χ4n) is 3.80. The maximum Gasteiger partial charge on any atom is 0.256 e. The lowest BCUT2D eigenvalue weighted by Crippen LogP contribution is -2.40. The van der Waals surface area contributed by atoms with E-state index in [0.29, 0.717) is 36.8 Å². The van der Waals surface area contributed by atoms with Crippen LogP contribution >= 0.6 is 0 Å². The number of hydrogen-bond donors (Lipinski definition) is 5. The smallest absolute Gasteiger partial charge is 0.256 e. The third-order valence-corrected chi connectivity index (χ3v) is 5.91. The molecule has 1 aromatic heterocycles. The van der Waals surface area contributed by atoms with Crippen molar-refractivity contribution in [1.29, 1.82) is 0 Å². The number of carbonyl (C=O) groups is 2. The topological polar surface area (TPSA) is 134 Å². The molecule has 0 spiro atoms. The average molecular weight is 486 g/mol. The summed E-state index contributed by atoms with van der Waals surface area (Å²) >= 11 is 0. The maximum atomic E-state index is 13.1. The second-order valence-electron chi connectivity index (χ2n) is 8.78. The van der Waals surface area contributed by atoms with Gasteiger partial charge in [-0.05, 0) is 49.8 Å². The van der Waals surface area contributed by atoms with Crippen LogP contribution in [-0.4, -0.2) is 47.5 Å². The van der Waals surface area contributed by atoms with Crippen LogP contribution < -0.4 is 27.0 Å². The number of aromatic nitrogens is 2. The normalized spacial score (nSPS) is 18.6. The molecule has 1 unspecified atom stereocenters. The van der Waals surface area contributed by atoms with Crippen LogP contribution in [0, 0.1) is 5.82 Å². The first-order valence-corrected chi connectivity index (χ1v) is 12.4. The molecule has 6 N–H and O–H groups in total. The van der Waals surface area contributed by atoms with Crippen molar-refractivity contribution in [1.82, 2.24) is 20.6 Å². The fourth-order valence-corrected chi connectivity index (χ4v) is 3.80. The third-order valence-electron chi connectivity index (χ3n) is 5.91. The number of amides is 2. The van der Waals surface area contributed by atoms with Crippen molar-refractivity contribution in [3.05, 3.63) is 47.4 Å². The predicted octanol–water partition coefficient (Wildman–Crippen LogP) is 2.95. The summed E-state index contributed by atoms with van der Waals surface area (Å²) in [4.78, 5) is 33.8. The molecule has 0 fully saturated rings. The van der Waals surface area contributed by atoms with Crippen LogP contribution in [-0.2, 0) is 11.3 Å². The number of rotatable bonds is 3. The summed E-state index contributed by atoms with van der Waals surface area (Å²) in [5, 5.41) is 12.2. The molecule has 35 heavy (non-hydrogen) atoms. The van der Waals surface area contributed by atoms with Gasteiger partial charge in [0.2, 0.25) is 11.9 Å². The van der Waals surface area contributed by atoms with E-state index in [1.807, 2.05) is 0 Å². The molecule has 1 aliphatic heterocycles. The van der Waals surface area contributed by atoms with Gasteiger partial charge in [-0.3, -0.25) is 9.59 Å². The highest BCUT2D eigenvalue weighted by Crippen LogP contribution is 2.16. The van der Waals surface area contributed by atoms with Crippen LogP contribution in [0.5, 0.6) is 0 Å². The minimum absolute atomic E-state index is 0.0966. The fraction of sp³-hybridized carbons (Fsp3) is 0.520. The Balaban J connectivity index is 1.64. The first kappa shape index (κ1) is 26.3. The lowest BCUT2D eigenvalue weighted by Gasteiger charge is -2.14. The van der Waals surface area contributed by atoms with Crippen LogP contribution in [0.4, 0.5) is 16.2 Å². The highest BCUT2D eigenvalue weighted by molar-refractivity contribution is 5.98. The minimum atomic E-state index is -0.514. The summed E-state index contributed by atoms with van der Waals surface area (Å²) in [5.74, 6) is 0.176. The summed E-state index contributed by atoms with van der Waals surface area (Å²) in [7, 11) is 0. The highest BCUT2D eigenvalue weighted by atomic mass is 19.1. The van der Waals surface area contributed by atoms with E-state index in [9.17, 15) is 14.0 Å². The van der Waals surface area contributed by atoms with Crippen molar-refractivity contribution < 1.29 is 14.0 Å². The van der Waals surface area contributed by atoms with Crippen LogP contribution in [0.2, 0.25) is 0 Å². The Morgan fingerprint density at radius 3 is 2.40 bits per heavy atom. The second kappa shape index (κ2) is 14.2. The molecule has 190 valence electrons. The summed E-state index contributed by atoms with van der Waals surface area (Å²) < 4.78 is 13.1. The number of hydrogen-bond acceptors (Lipinski definition) is 7. The molecular weight excluding hydrogens is 449 g/mol. The monoisotopic (exact) mass is 485 g/mol. The Labute approximate surface area is 205 Å². The van der Waals surface area contributed by atoms with Crippen molar-refractivity contribution in [2.75, 3.05) is 30.3 Å². The molecular formula is C25H36FN7O2. The van der Waals surface area contributed by atoms with Gasteiger partial charge in [0.05, 0.1) is 6.04 Å². The minimum Gasteiger partial charge on any atom is -0.369 e. The van der Waals surface area contributed by atoms with Crippen LogP contribution in [0.25, 0.3) is 0 Å². The zero-order valence-corrected chi connectivity index (χ0v) is 20.1. The summed E-state index contributed by atoms with van der Waals surface area (Å²) in [5.41, 5.74) is 7.14. The molecule has 2 bridgehead atoms. The molecule has 1 aromatic carbocycles. The summed E-state index contributed by atoms with van der Waals surface area (Å²) in [6.45, 7) is 2.24. The molecule has 0 saturated carbocycles. The number of nitrogens with one attached hydrogen (secondary N) is 4. The SMILES string of the molecule is NC1CCCCNc2nc(ncc2C(=O)NCc2ccc(F)cc2)NCCCCCCCNC1=O. The number of carbonyl (C=O) groups excluding carboxylic acids is 2. The first-order valence-electron chi connectivity index (χ1n) is 12.4. The predicted molar refractivity (Wildman–Crippen MR) is 135 cm³/mol. The molecule has 1 aliphatic rings. The van der Waals surface area contributed by atoms with Crippen molar-refractivity contribution in [3.8, 4) is 0 Å². The molecule has 0 saturated heterocycles. The Hall–Kier alpha value is -3.27. The van der Waals surface area contributed by atoms with Crippen LogP contribution in [0.15, 0.2) is 30.5 Å². The molecule has 1 atom stereocenters. The molecule has 2 amide bonds. The van der Waals surface area contributed by atoms with Crippen molar-refractivity contribution in [2.45, 2.75) is 64.0 Å². The molecule has 2 aromatic rings. The maximum absolute atomic E-state index is 13.1. The van der Waals surface area contributed by atoms with Gasteiger partial charge in [-0.2, -0.15) is 4.98 Å². The van der Waals surface area contributed by atoms with Gasteiger partial charge >= 0.3 is 0 Å². The largest absolute Gasteiger partial charge is 0.369 e. The molecule has 2 heterocycles. The molecule has 10 heteroatoms. The van der Waals surface area contributed by atoms with Crippen molar-refractivity contribution in [3.63, 3.8) is 0 Å². The lowest BCUT2D eigenvalue weighted by molar-refractivity contribution is -0.122. The van der Waals surface area contributed by atoms with Gasteiger partial charge < -0.3 is 27.0 Å². The van der Waals surface area contributed by atoms with Gasteiger partial charge in [0, 0.05) is 32.4 Å². The quantitative estimate of drug-likeness (QED) is 0.451. The standard InChI is InChI=1S/C25H36FN7O2/c26-19-11-9-18(10-12-19)16-31-23(34)20-17-32-25-30-15-6-3-1-2-5-14-29-24(35)21(27)8-4-7-13-28-22(20)33-25/h9-12,17,21H,1-8,13-16,27H2,(H,29,35)(H,31,34)(H2,28,30,32,33). The van der Waals surface area contributed by atoms with Crippen molar-refractivity contribution >= 4 is 23.6 Å². The van der Waals surface area contributed by atoms with Gasteiger partial charge in [-0.25, -0.2) is 9.37 Å².